The van der Waals surface area contributed by atoms with Crippen molar-refractivity contribution in [3.8, 4) is 5.75 Å². The Morgan fingerprint density at radius 3 is 2.08 bits per heavy atom. The number of allylic oxidation sites excluding steroid dienone is 1. The number of anilines is 1. The third-order valence-electron chi connectivity index (χ3n) is 6.07. The normalized spacial score (nSPS) is 12.5. The Hall–Kier alpha value is -2.57. The molecule has 0 saturated heterocycles. The van der Waals surface area contributed by atoms with Crippen molar-refractivity contribution in [3.63, 3.8) is 0 Å². The van der Waals surface area contributed by atoms with Crippen molar-refractivity contribution in [1.29, 1.82) is 0 Å². The maximum Gasteiger partial charge on any atom is 0.412 e. The lowest BCUT2D eigenvalue weighted by Gasteiger charge is -2.21. The SMILES string of the molecule is C/C=C(\CCCCCCCCCCCC)C(OC(=O)Nc1ccc(OC(C)C)cc1F)C(=O)OCC(C)C. The summed E-state index contributed by atoms with van der Waals surface area (Å²) < 4.78 is 30.9. The van der Waals surface area contributed by atoms with Gasteiger partial charge in [-0.2, -0.15) is 0 Å². The smallest absolute Gasteiger partial charge is 0.412 e. The van der Waals surface area contributed by atoms with E-state index in [9.17, 15) is 14.0 Å². The van der Waals surface area contributed by atoms with Crippen LogP contribution in [0.15, 0.2) is 29.8 Å². The number of rotatable bonds is 19. The van der Waals surface area contributed by atoms with E-state index in [1.165, 1.54) is 57.1 Å². The monoisotopic (exact) mass is 535 g/mol. The topological polar surface area (TPSA) is 73.9 Å². The molecular formula is C31H50FNO5. The number of carbonyl (C=O) groups excluding carboxylic acids is 2. The van der Waals surface area contributed by atoms with E-state index in [1.54, 1.807) is 12.1 Å². The molecule has 0 bridgehead atoms. The van der Waals surface area contributed by atoms with Gasteiger partial charge < -0.3 is 14.2 Å². The fourth-order valence-electron chi connectivity index (χ4n) is 4.03. The molecule has 0 spiro atoms. The molecule has 0 aliphatic carbocycles. The van der Waals surface area contributed by atoms with E-state index in [0.29, 0.717) is 17.7 Å². The fraction of sp³-hybridized carbons (Fsp3) is 0.677. The second kappa shape index (κ2) is 19.5. The molecule has 216 valence electrons. The third-order valence-corrected chi connectivity index (χ3v) is 6.07. The van der Waals surface area contributed by atoms with E-state index in [-0.39, 0.29) is 24.3 Å². The van der Waals surface area contributed by atoms with Gasteiger partial charge in [0.15, 0.2) is 5.82 Å². The van der Waals surface area contributed by atoms with E-state index in [2.05, 4.69) is 12.2 Å². The van der Waals surface area contributed by atoms with Crippen molar-refractivity contribution < 1.29 is 28.2 Å². The van der Waals surface area contributed by atoms with Crippen LogP contribution in [-0.2, 0) is 14.3 Å². The minimum absolute atomic E-state index is 0.0582. The Kier molecular flexibility index (Phi) is 17.2. The number of hydrogen-bond donors (Lipinski definition) is 1. The van der Waals surface area contributed by atoms with E-state index in [4.69, 9.17) is 14.2 Å². The molecule has 1 aromatic carbocycles. The predicted octanol–water partition coefficient (Wildman–Crippen LogP) is 8.99. The largest absolute Gasteiger partial charge is 0.491 e. The first-order valence-corrected chi connectivity index (χ1v) is 14.4. The van der Waals surface area contributed by atoms with Gasteiger partial charge in [0.25, 0.3) is 0 Å². The van der Waals surface area contributed by atoms with Crippen molar-refractivity contribution in [2.75, 3.05) is 11.9 Å². The number of amides is 1. The first-order chi connectivity index (χ1) is 18.2. The van der Waals surface area contributed by atoms with Crippen LogP contribution in [0.25, 0.3) is 0 Å². The summed E-state index contributed by atoms with van der Waals surface area (Å²) in [7, 11) is 0. The second-order valence-electron chi connectivity index (χ2n) is 10.5. The molecule has 1 unspecified atom stereocenters. The highest BCUT2D eigenvalue weighted by atomic mass is 19.1. The number of ether oxygens (including phenoxy) is 3. The van der Waals surface area contributed by atoms with Gasteiger partial charge in [-0.3, -0.25) is 5.32 Å². The van der Waals surface area contributed by atoms with Crippen LogP contribution in [-0.4, -0.2) is 30.9 Å². The number of hydrogen-bond acceptors (Lipinski definition) is 5. The number of halogens is 1. The number of carbonyl (C=O) groups is 2. The standard InChI is InChI=1S/C31H50FNO5/c1-7-9-10-11-12-13-14-15-16-17-18-25(8-2)29(30(34)36-22-23(3)4)38-31(35)33-28-20-19-26(21-27(28)32)37-24(5)6/h8,19-21,23-24,29H,7,9-18,22H2,1-6H3,(H,33,35)/b25-8+. The highest BCUT2D eigenvalue weighted by Gasteiger charge is 2.29. The highest BCUT2D eigenvalue weighted by molar-refractivity contribution is 5.88. The molecule has 0 aliphatic heterocycles. The molecule has 0 radical (unpaired) electrons. The molecule has 7 heteroatoms. The number of nitrogens with one attached hydrogen (secondary N) is 1. The summed E-state index contributed by atoms with van der Waals surface area (Å²) in [5.74, 6) is -0.768. The van der Waals surface area contributed by atoms with Gasteiger partial charge in [0.2, 0.25) is 6.10 Å². The molecule has 1 aromatic rings. The van der Waals surface area contributed by atoms with Gasteiger partial charge in [0.05, 0.1) is 18.4 Å². The van der Waals surface area contributed by atoms with Crippen molar-refractivity contribution >= 4 is 17.7 Å². The Labute approximate surface area is 229 Å². The van der Waals surface area contributed by atoms with Gasteiger partial charge in [0.1, 0.15) is 5.75 Å². The van der Waals surface area contributed by atoms with Crippen LogP contribution in [0.3, 0.4) is 0 Å². The maximum absolute atomic E-state index is 14.5. The highest BCUT2D eigenvalue weighted by Crippen LogP contribution is 2.23. The van der Waals surface area contributed by atoms with Gasteiger partial charge >= 0.3 is 12.1 Å². The van der Waals surface area contributed by atoms with Crippen LogP contribution < -0.4 is 10.1 Å². The summed E-state index contributed by atoms with van der Waals surface area (Å²) >= 11 is 0. The summed E-state index contributed by atoms with van der Waals surface area (Å²) in [5.41, 5.74) is 0.631. The molecule has 38 heavy (non-hydrogen) atoms. The molecule has 0 heterocycles. The Balaban J connectivity index is 2.69. The van der Waals surface area contributed by atoms with Crippen molar-refractivity contribution in [2.45, 2.75) is 124 Å². The summed E-state index contributed by atoms with van der Waals surface area (Å²) in [6, 6.07) is 4.17. The van der Waals surface area contributed by atoms with Crippen LogP contribution in [0.2, 0.25) is 0 Å². The molecule has 0 aliphatic rings. The molecular weight excluding hydrogens is 485 g/mol. The van der Waals surface area contributed by atoms with Crippen LogP contribution >= 0.6 is 0 Å². The fourth-order valence-corrected chi connectivity index (χ4v) is 4.03. The van der Waals surface area contributed by atoms with Crippen molar-refractivity contribution in [2.24, 2.45) is 5.92 Å². The summed E-state index contributed by atoms with van der Waals surface area (Å²) in [4.78, 5) is 25.6. The van der Waals surface area contributed by atoms with Crippen molar-refractivity contribution in [3.05, 3.63) is 35.7 Å². The van der Waals surface area contributed by atoms with Gasteiger partial charge in [0, 0.05) is 6.07 Å². The van der Waals surface area contributed by atoms with Crippen molar-refractivity contribution in [1.82, 2.24) is 0 Å². The Bertz CT molecular complexity index is 853. The quantitative estimate of drug-likeness (QED) is 0.109. The third kappa shape index (κ3) is 14.4. The van der Waals surface area contributed by atoms with Gasteiger partial charge in [-0.1, -0.05) is 84.6 Å². The maximum atomic E-state index is 14.5. The Morgan fingerprint density at radius 1 is 0.947 bits per heavy atom. The van der Waals surface area contributed by atoms with E-state index in [0.717, 1.165) is 19.3 Å². The zero-order chi connectivity index (χ0) is 28.3. The summed E-state index contributed by atoms with van der Waals surface area (Å²) in [6.45, 7) is 11.8. The van der Waals surface area contributed by atoms with E-state index >= 15 is 0 Å². The number of esters is 1. The molecule has 1 amide bonds. The average molecular weight is 536 g/mol. The zero-order valence-electron chi connectivity index (χ0n) is 24.4. The van der Waals surface area contributed by atoms with E-state index in [1.807, 2.05) is 34.6 Å². The molecule has 1 atom stereocenters. The van der Waals surface area contributed by atoms with Crippen LogP contribution in [0.5, 0.6) is 5.75 Å². The lowest BCUT2D eigenvalue weighted by molar-refractivity contribution is -0.152. The molecule has 1 N–H and O–H groups in total. The van der Waals surface area contributed by atoms with Crippen LogP contribution in [0.4, 0.5) is 14.9 Å². The van der Waals surface area contributed by atoms with Gasteiger partial charge in [-0.25, -0.2) is 14.0 Å². The lowest BCUT2D eigenvalue weighted by atomic mass is 10.00. The Morgan fingerprint density at radius 2 is 1.55 bits per heavy atom. The molecule has 0 aromatic heterocycles. The molecule has 1 rings (SSSR count). The minimum atomic E-state index is -1.18. The number of unbranched alkanes of at least 4 members (excludes halogenated alkanes) is 9. The second-order valence-corrected chi connectivity index (χ2v) is 10.5. The lowest BCUT2D eigenvalue weighted by Crippen LogP contribution is -2.33. The van der Waals surface area contributed by atoms with E-state index < -0.39 is 24.0 Å². The predicted molar refractivity (Wildman–Crippen MR) is 152 cm³/mol. The minimum Gasteiger partial charge on any atom is -0.491 e. The average Bonchev–Trinajstić information content (AvgIpc) is 2.86. The molecule has 0 saturated carbocycles. The molecule has 0 fully saturated rings. The van der Waals surface area contributed by atoms with Gasteiger partial charge in [-0.15, -0.1) is 0 Å². The summed E-state index contributed by atoms with van der Waals surface area (Å²) in [6.07, 6.45) is 12.3. The number of benzene rings is 1. The van der Waals surface area contributed by atoms with Crippen LogP contribution in [0.1, 0.15) is 112 Å². The zero-order valence-corrected chi connectivity index (χ0v) is 24.4. The first-order valence-electron chi connectivity index (χ1n) is 14.4. The van der Waals surface area contributed by atoms with Crippen LogP contribution in [0, 0.1) is 11.7 Å². The first kappa shape index (κ1) is 33.5. The molecule has 6 nitrogen and oxygen atoms in total. The van der Waals surface area contributed by atoms with Gasteiger partial charge in [-0.05, 0) is 57.2 Å². The summed E-state index contributed by atoms with van der Waals surface area (Å²) in [5, 5.41) is 2.40.